The maximum absolute atomic E-state index is 11.8. The second-order valence-electron chi connectivity index (χ2n) is 4.21. The number of hydrogen-bond acceptors (Lipinski definition) is 5. The summed E-state index contributed by atoms with van der Waals surface area (Å²) in [5, 5.41) is 0.726. The first kappa shape index (κ1) is 14.8. The first-order chi connectivity index (χ1) is 10.1. The van der Waals surface area contributed by atoms with Gasteiger partial charge in [-0.3, -0.25) is 0 Å². The predicted molar refractivity (Wildman–Crippen MR) is 79.3 cm³/mol. The molecule has 1 aromatic carbocycles. The van der Waals surface area contributed by atoms with Gasteiger partial charge in [-0.2, -0.15) is 0 Å². The van der Waals surface area contributed by atoms with Gasteiger partial charge >= 0.3 is 11.6 Å². The Morgan fingerprint density at radius 1 is 1.24 bits per heavy atom. The van der Waals surface area contributed by atoms with Crippen LogP contribution >= 0.6 is 0 Å². The van der Waals surface area contributed by atoms with Crippen molar-refractivity contribution >= 4 is 23.0 Å². The van der Waals surface area contributed by atoms with E-state index in [4.69, 9.17) is 13.9 Å². The molecule has 5 nitrogen and oxygen atoms in total. The molecule has 0 N–H and O–H groups in total. The highest BCUT2D eigenvalue weighted by Crippen LogP contribution is 2.20. The molecule has 2 aromatic rings. The zero-order chi connectivity index (χ0) is 15.2. The number of esters is 1. The van der Waals surface area contributed by atoms with E-state index in [1.807, 2.05) is 6.92 Å². The molecule has 0 saturated heterocycles. The van der Waals surface area contributed by atoms with Gasteiger partial charge in [-0.1, -0.05) is 0 Å². The fourth-order valence-corrected chi connectivity index (χ4v) is 1.84. The van der Waals surface area contributed by atoms with E-state index in [2.05, 4.69) is 0 Å². The van der Waals surface area contributed by atoms with Gasteiger partial charge in [0.15, 0.2) is 0 Å². The van der Waals surface area contributed by atoms with Crippen LogP contribution in [0.2, 0.25) is 0 Å². The molecule has 0 aliphatic carbocycles. The van der Waals surface area contributed by atoms with Crippen LogP contribution < -0.4 is 10.4 Å². The lowest BCUT2D eigenvalue weighted by molar-refractivity contribution is -0.137. The normalized spacial score (nSPS) is 11.0. The zero-order valence-electron chi connectivity index (χ0n) is 11.9. The summed E-state index contributed by atoms with van der Waals surface area (Å²) < 4.78 is 15.4. The molecule has 0 unspecified atom stereocenters. The topological polar surface area (TPSA) is 65.7 Å². The minimum absolute atomic E-state index is 0.282. The average molecular weight is 288 g/mol. The molecule has 0 saturated carbocycles. The van der Waals surface area contributed by atoms with Crippen LogP contribution in [0.25, 0.3) is 17.0 Å². The van der Waals surface area contributed by atoms with Gasteiger partial charge in [0, 0.05) is 11.5 Å². The highest BCUT2D eigenvalue weighted by molar-refractivity contribution is 5.88. The molecule has 0 spiro atoms. The number of carbonyl (C=O) groups excluding carboxylic acids is 1. The third kappa shape index (κ3) is 3.72. The highest BCUT2D eigenvalue weighted by atomic mass is 16.5. The van der Waals surface area contributed by atoms with Gasteiger partial charge in [0.25, 0.3) is 0 Å². The molecule has 0 bridgehead atoms. The maximum atomic E-state index is 11.8. The van der Waals surface area contributed by atoms with Crippen molar-refractivity contribution in [2.75, 3.05) is 13.2 Å². The van der Waals surface area contributed by atoms with E-state index in [9.17, 15) is 9.59 Å². The summed E-state index contributed by atoms with van der Waals surface area (Å²) in [6.07, 6.45) is 2.59. The summed E-state index contributed by atoms with van der Waals surface area (Å²) in [7, 11) is 0. The smallest absolute Gasteiger partial charge is 0.343 e. The van der Waals surface area contributed by atoms with Crippen molar-refractivity contribution in [3.8, 4) is 5.75 Å². The van der Waals surface area contributed by atoms with Crippen LogP contribution in [0.15, 0.2) is 39.6 Å². The van der Waals surface area contributed by atoms with E-state index >= 15 is 0 Å². The van der Waals surface area contributed by atoms with Crippen molar-refractivity contribution in [1.82, 2.24) is 0 Å². The monoisotopic (exact) mass is 288 g/mol. The minimum Gasteiger partial charge on any atom is -0.494 e. The van der Waals surface area contributed by atoms with Gasteiger partial charge in [-0.25, -0.2) is 9.59 Å². The molecule has 0 amide bonds. The van der Waals surface area contributed by atoms with Crippen molar-refractivity contribution in [2.24, 2.45) is 0 Å². The fourth-order valence-electron chi connectivity index (χ4n) is 1.84. The number of ether oxygens (including phenoxy) is 2. The van der Waals surface area contributed by atoms with Crippen molar-refractivity contribution < 1.29 is 18.7 Å². The van der Waals surface area contributed by atoms with Crippen molar-refractivity contribution in [3.63, 3.8) is 0 Å². The summed E-state index contributed by atoms with van der Waals surface area (Å²) in [5.41, 5.74) is 0.244. The largest absolute Gasteiger partial charge is 0.494 e. The Morgan fingerprint density at radius 2 is 2.05 bits per heavy atom. The van der Waals surface area contributed by atoms with Crippen LogP contribution in [-0.4, -0.2) is 19.2 Å². The lowest BCUT2D eigenvalue weighted by Crippen LogP contribution is -2.04. The molecule has 0 atom stereocenters. The molecule has 0 aliphatic heterocycles. The Balaban J connectivity index is 2.37. The quantitative estimate of drug-likeness (QED) is 0.481. The van der Waals surface area contributed by atoms with Crippen molar-refractivity contribution in [3.05, 3.63) is 46.3 Å². The Labute approximate surface area is 121 Å². The molecular weight excluding hydrogens is 272 g/mol. The number of rotatable bonds is 5. The third-order valence-electron chi connectivity index (χ3n) is 2.73. The first-order valence-electron chi connectivity index (χ1n) is 6.69. The van der Waals surface area contributed by atoms with E-state index < -0.39 is 11.6 Å². The lowest BCUT2D eigenvalue weighted by atomic mass is 10.1. The van der Waals surface area contributed by atoms with Gasteiger partial charge in [0.2, 0.25) is 0 Å². The van der Waals surface area contributed by atoms with E-state index in [-0.39, 0.29) is 12.2 Å². The van der Waals surface area contributed by atoms with Crippen LogP contribution in [0.4, 0.5) is 0 Å². The average Bonchev–Trinajstić information content (AvgIpc) is 2.46. The molecule has 1 aromatic heterocycles. The lowest BCUT2D eigenvalue weighted by Gasteiger charge is -2.04. The van der Waals surface area contributed by atoms with E-state index in [1.54, 1.807) is 31.2 Å². The molecule has 110 valence electrons. The maximum Gasteiger partial charge on any atom is 0.343 e. The summed E-state index contributed by atoms with van der Waals surface area (Å²) in [5.74, 6) is 0.194. The van der Waals surface area contributed by atoms with Crippen molar-refractivity contribution in [2.45, 2.75) is 13.8 Å². The third-order valence-corrected chi connectivity index (χ3v) is 2.73. The van der Waals surface area contributed by atoms with Crippen LogP contribution in [0, 0.1) is 0 Å². The van der Waals surface area contributed by atoms with Crippen LogP contribution in [0.5, 0.6) is 5.75 Å². The molecule has 1 heterocycles. The minimum atomic E-state index is -0.507. The molecule has 5 heteroatoms. The number of hydrogen-bond donors (Lipinski definition) is 0. The Bertz CT molecular complexity index is 727. The molecule has 21 heavy (non-hydrogen) atoms. The molecular formula is C16H16O5. The van der Waals surface area contributed by atoms with Gasteiger partial charge < -0.3 is 13.9 Å². The number of benzene rings is 1. The van der Waals surface area contributed by atoms with Gasteiger partial charge in [0.1, 0.15) is 11.3 Å². The van der Waals surface area contributed by atoms with E-state index in [1.165, 1.54) is 12.2 Å². The second kappa shape index (κ2) is 6.74. The van der Waals surface area contributed by atoms with Crippen molar-refractivity contribution in [1.29, 1.82) is 0 Å². The molecule has 2 rings (SSSR count). The zero-order valence-corrected chi connectivity index (χ0v) is 11.9. The molecule has 0 aliphatic rings. The Morgan fingerprint density at radius 3 is 2.76 bits per heavy atom. The van der Waals surface area contributed by atoms with Crippen LogP contribution in [0.1, 0.15) is 19.4 Å². The molecule has 0 radical (unpaired) electrons. The van der Waals surface area contributed by atoms with Crippen LogP contribution in [0.3, 0.4) is 0 Å². The summed E-state index contributed by atoms with van der Waals surface area (Å²) >= 11 is 0. The van der Waals surface area contributed by atoms with Gasteiger partial charge in [-0.15, -0.1) is 0 Å². The highest BCUT2D eigenvalue weighted by Gasteiger charge is 2.05. The van der Waals surface area contributed by atoms with Crippen LogP contribution in [-0.2, 0) is 9.53 Å². The Hall–Kier alpha value is -2.56. The van der Waals surface area contributed by atoms with Gasteiger partial charge in [0.05, 0.1) is 18.8 Å². The number of fused-ring (bicyclic) bond motifs is 1. The van der Waals surface area contributed by atoms with Gasteiger partial charge in [-0.05, 0) is 44.2 Å². The fraction of sp³-hybridized carbons (Fsp3) is 0.250. The summed E-state index contributed by atoms with van der Waals surface area (Å²) in [6, 6.07) is 6.85. The summed E-state index contributed by atoms with van der Waals surface area (Å²) in [6.45, 7) is 4.44. The SMILES string of the molecule is CCOC(=O)/C=C/c1cc2cc(OCC)ccc2oc1=O. The second-order valence-corrected chi connectivity index (χ2v) is 4.21. The molecule has 0 fully saturated rings. The predicted octanol–water partition coefficient (Wildman–Crippen LogP) is 2.77. The van der Waals surface area contributed by atoms with E-state index in [0.29, 0.717) is 17.9 Å². The summed E-state index contributed by atoms with van der Waals surface area (Å²) in [4.78, 5) is 23.1. The Kier molecular flexibility index (Phi) is 4.77. The van der Waals surface area contributed by atoms with E-state index in [0.717, 1.165) is 5.39 Å². The first-order valence-corrected chi connectivity index (χ1v) is 6.69. The number of carbonyl (C=O) groups is 1. The standard InChI is InChI=1S/C16H16O5/c1-3-19-13-6-7-14-12(10-13)9-11(16(18)21-14)5-8-15(17)20-4-2/h5-10H,3-4H2,1-2H3/b8-5+.